The van der Waals surface area contributed by atoms with Crippen molar-refractivity contribution in [1.82, 2.24) is 9.88 Å². The minimum absolute atomic E-state index is 0.131. The van der Waals surface area contributed by atoms with Crippen LogP contribution in [0.4, 0.5) is 5.82 Å². The average molecular weight is 499 g/mol. The Bertz CT molecular complexity index is 983. The number of hydrogen-bond donors (Lipinski definition) is 5. The molecule has 8 nitrogen and oxygen atoms in total. The van der Waals surface area contributed by atoms with E-state index in [9.17, 15) is 10.2 Å². The van der Waals surface area contributed by atoms with E-state index in [1.807, 2.05) is 47.2 Å². The van der Waals surface area contributed by atoms with E-state index < -0.39 is 24.0 Å². The predicted octanol–water partition coefficient (Wildman–Crippen LogP) is 4.16. The minimum Gasteiger partial charge on any atom is -0.491 e. The maximum absolute atomic E-state index is 11.2. The van der Waals surface area contributed by atoms with Crippen molar-refractivity contribution in [3.8, 4) is 5.75 Å². The van der Waals surface area contributed by atoms with Gasteiger partial charge in [-0.1, -0.05) is 56.7 Å². The Morgan fingerprint density at radius 2 is 1.67 bits per heavy atom. The van der Waals surface area contributed by atoms with Crippen LogP contribution in [-0.4, -0.2) is 44.9 Å². The first-order valence-corrected chi connectivity index (χ1v) is 13.7. The maximum atomic E-state index is 11.2. The summed E-state index contributed by atoms with van der Waals surface area (Å²) in [5.74, 6) is 1.56. The van der Waals surface area contributed by atoms with Gasteiger partial charge in [0.1, 0.15) is 36.0 Å². The van der Waals surface area contributed by atoms with Crippen LogP contribution in [0, 0.1) is 0 Å². The van der Waals surface area contributed by atoms with Crippen LogP contribution in [0.3, 0.4) is 0 Å². The van der Waals surface area contributed by atoms with Gasteiger partial charge in [-0.3, -0.25) is 5.32 Å². The Labute approximate surface area is 214 Å². The number of benzene rings is 1. The number of fused-ring (bicyclic) bond motifs is 1. The molecule has 2 aliphatic heterocycles. The molecule has 0 bridgehead atoms. The molecule has 1 aromatic heterocycles. The Kier molecular flexibility index (Phi) is 7.60. The standard InChI is InChI=1S/C28H42N4O4/c1-27(34)22(19-35-20-13-9-8-10-14-20)36-26(23(27)33)32-18-15-21-24(29)30-28(31-25(21)32)16-11-6-4-2-3-5-7-12-17-28/h8-10,13-15,18,22-24,26,30-31,33-34H,2-7,11-12,16-17,19,29H2,1H3/t22-,23+,24?,26-,27-/m1/s1. The molecule has 1 aliphatic carbocycles. The van der Waals surface area contributed by atoms with Crippen molar-refractivity contribution >= 4 is 5.82 Å². The van der Waals surface area contributed by atoms with Crippen LogP contribution in [0.1, 0.15) is 89.1 Å². The molecule has 2 aromatic rings. The zero-order valence-corrected chi connectivity index (χ0v) is 21.4. The molecule has 5 atom stereocenters. The number of ether oxygens (including phenoxy) is 2. The zero-order chi connectivity index (χ0) is 25.2. The van der Waals surface area contributed by atoms with Crippen LogP contribution in [0.2, 0.25) is 0 Å². The second-order valence-electron chi connectivity index (χ2n) is 11.0. The Morgan fingerprint density at radius 1 is 1.03 bits per heavy atom. The third kappa shape index (κ3) is 5.15. The lowest BCUT2D eigenvalue weighted by Crippen LogP contribution is -2.58. The Morgan fingerprint density at radius 3 is 2.33 bits per heavy atom. The summed E-state index contributed by atoms with van der Waals surface area (Å²) in [7, 11) is 0. The summed E-state index contributed by atoms with van der Waals surface area (Å²) in [5.41, 5.74) is 5.81. The topological polar surface area (TPSA) is 114 Å². The fourth-order valence-electron chi connectivity index (χ4n) is 5.98. The molecule has 1 saturated heterocycles. The second-order valence-corrected chi connectivity index (χ2v) is 11.0. The number of rotatable bonds is 4. The van der Waals surface area contributed by atoms with Crippen molar-refractivity contribution in [2.24, 2.45) is 5.73 Å². The normalized spacial score (nSPS) is 32.9. The molecule has 36 heavy (non-hydrogen) atoms. The molecule has 3 aliphatic rings. The lowest BCUT2D eigenvalue weighted by atomic mass is 9.92. The molecule has 1 spiro atoms. The van der Waals surface area contributed by atoms with Crippen molar-refractivity contribution in [3.63, 3.8) is 0 Å². The summed E-state index contributed by atoms with van der Waals surface area (Å²) >= 11 is 0. The van der Waals surface area contributed by atoms with E-state index in [-0.39, 0.29) is 18.4 Å². The van der Waals surface area contributed by atoms with Crippen LogP contribution in [-0.2, 0) is 4.74 Å². The fourth-order valence-corrected chi connectivity index (χ4v) is 5.98. The van der Waals surface area contributed by atoms with Crippen molar-refractivity contribution in [1.29, 1.82) is 0 Å². The third-order valence-electron chi connectivity index (χ3n) is 8.27. The lowest BCUT2D eigenvalue weighted by molar-refractivity contribution is -0.0765. The van der Waals surface area contributed by atoms with Gasteiger partial charge in [0.15, 0.2) is 6.23 Å². The first-order valence-electron chi connectivity index (χ1n) is 13.7. The van der Waals surface area contributed by atoms with Gasteiger partial charge in [-0.15, -0.1) is 0 Å². The zero-order valence-electron chi connectivity index (χ0n) is 21.4. The van der Waals surface area contributed by atoms with Gasteiger partial charge in [-0.2, -0.15) is 0 Å². The van der Waals surface area contributed by atoms with E-state index in [1.165, 1.54) is 38.5 Å². The molecular weight excluding hydrogens is 456 g/mol. The molecule has 1 unspecified atom stereocenters. The van der Waals surface area contributed by atoms with Crippen LogP contribution in [0.15, 0.2) is 42.6 Å². The Balaban J connectivity index is 1.36. The highest BCUT2D eigenvalue weighted by Gasteiger charge is 2.54. The number of aliphatic hydroxyl groups is 2. The van der Waals surface area contributed by atoms with Crippen LogP contribution < -0.4 is 21.1 Å². The molecule has 1 aromatic carbocycles. The maximum Gasteiger partial charge on any atom is 0.164 e. The smallest absolute Gasteiger partial charge is 0.164 e. The fraction of sp³-hybridized carbons (Fsp3) is 0.643. The number of aliphatic hydroxyl groups excluding tert-OH is 1. The summed E-state index contributed by atoms with van der Waals surface area (Å²) in [6.45, 7) is 1.74. The molecular formula is C28H42N4O4. The molecule has 3 heterocycles. The average Bonchev–Trinajstić information content (AvgIpc) is 3.36. The van der Waals surface area contributed by atoms with Gasteiger partial charge in [0.25, 0.3) is 0 Å². The first-order chi connectivity index (χ1) is 17.4. The largest absolute Gasteiger partial charge is 0.491 e. The van der Waals surface area contributed by atoms with Gasteiger partial charge in [0.05, 0.1) is 11.8 Å². The van der Waals surface area contributed by atoms with E-state index in [0.29, 0.717) is 5.75 Å². The first kappa shape index (κ1) is 25.5. The highest BCUT2D eigenvalue weighted by molar-refractivity contribution is 5.53. The van der Waals surface area contributed by atoms with E-state index in [4.69, 9.17) is 15.2 Å². The van der Waals surface area contributed by atoms with Gasteiger partial charge in [0, 0.05) is 11.8 Å². The SMILES string of the molecule is C[C@@]1(O)[C@@H](COc2ccccc2)O[C@@H](n2ccc3c2NC2(CCCCCCCCCC2)NC3N)[C@@H]1O. The summed E-state index contributed by atoms with van der Waals surface area (Å²) in [4.78, 5) is 0. The molecule has 0 radical (unpaired) electrons. The van der Waals surface area contributed by atoms with Crippen molar-refractivity contribution in [3.05, 3.63) is 48.2 Å². The highest BCUT2D eigenvalue weighted by atomic mass is 16.6. The predicted molar refractivity (Wildman–Crippen MR) is 139 cm³/mol. The van der Waals surface area contributed by atoms with Crippen LogP contribution >= 0.6 is 0 Å². The van der Waals surface area contributed by atoms with Crippen molar-refractivity contribution < 1.29 is 19.7 Å². The van der Waals surface area contributed by atoms with E-state index in [0.717, 1.165) is 37.1 Å². The molecule has 198 valence electrons. The van der Waals surface area contributed by atoms with E-state index >= 15 is 0 Å². The van der Waals surface area contributed by atoms with Crippen molar-refractivity contribution in [2.45, 2.75) is 107 Å². The molecule has 5 rings (SSSR count). The van der Waals surface area contributed by atoms with Crippen LogP contribution in [0.5, 0.6) is 5.75 Å². The number of nitrogens with zero attached hydrogens (tertiary/aromatic N) is 1. The van der Waals surface area contributed by atoms with Gasteiger partial charge >= 0.3 is 0 Å². The highest BCUT2D eigenvalue weighted by Crippen LogP contribution is 2.43. The number of para-hydroxylation sites is 1. The van der Waals surface area contributed by atoms with Crippen molar-refractivity contribution in [2.75, 3.05) is 11.9 Å². The number of anilines is 1. The second kappa shape index (κ2) is 10.7. The number of aromatic nitrogens is 1. The summed E-state index contributed by atoms with van der Waals surface area (Å²) < 4.78 is 14.0. The third-order valence-corrected chi connectivity index (χ3v) is 8.27. The minimum atomic E-state index is -1.47. The summed E-state index contributed by atoms with van der Waals surface area (Å²) in [5, 5.41) is 29.9. The lowest BCUT2D eigenvalue weighted by Gasteiger charge is -2.44. The summed E-state index contributed by atoms with van der Waals surface area (Å²) in [6, 6.07) is 11.4. The molecule has 0 amide bonds. The van der Waals surface area contributed by atoms with Gasteiger partial charge in [0.2, 0.25) is 0 Å². The Hall–Kier alpha value is -2.10. The van der Waals surface area contributed by atoms with E-state index in [2.05, 4.69) is 10.6 Å². The number of nitrogens with one attached hydrogen (secondary N) is 2. The monoisotopic (exact) mass is 498 g/mol. The quantitative estimate of drug-likeness (QED) is 0.430. The molecule has 2 fully saturated rings. The van der Waals surface area contributed by atoms with Gasteiger partial charge < -0.3 is 35.3 Å². The molecule has 6 N–H and O–H groups in total. The molecule has 8 heteroatoms. The van der Waals surface area contributed by atoms with E-state index in [1.54, 1.807) is 6.92 Å². The van der Waals surface area contributed by atoms with Crippen LogP contribution in [0.25, 0.3) is 0 Å². The summed E-state index contributed by atoms with van der Waals surface area (Å²) in [6.07, 6.45) is 10.9. The molecule has 1 saturated carbocycles. The van der Waals surface area contributed by atoms with Gasteiger partial charge in [-0.05, 0) is 50.8 Å². The number of hydrogen-bond acceptors (Lipinski definition) is 7. The van der Waals surface area contributed by atoms with Gasteiger partial charge in [-0.25, -0.2) is 0 Å². The number of nitrogens with two attached hydrogens (primary N) is 1.